The maximum Gasteiger partial charge on any atom is 0.303 e. The van der Waals surface area contributed by atoms with Crippen LogP contribution >= 0.6 is 0 Å². The number of hydrogen-bond donors (Lipinski definition) is 2. The highest BCUT2D eigenvalue weighted by Gasteiger charge is 2.14. The van der Waals surface area contributed by atoms with Crippen LogP contribution in [0.2, 0.25) is 0 Å². The Hall–Kier alpha value is -3.79. The molecule has 2 N–H and O–H groups in total. The first kappa shape index (κ1) is 20.9. The van der Waals surface area contributed by atoms with Gasteiger partial charge in [0.15, 0.2) is 6.61 Å². The summed E-state index contributed by atoms with van der Waals surface area (Å²) in [5.74, 6) is 1.30. The number of nitrogens with one attached hydrogen (secondary N) is 2. The number of benzene rings is 1. The Morgan fingerprint density at radius 1 is 1.27 bits per heavy atom. The van der Waals surface area contributed by atoms with Crippen LogP contribution in [0, 0.1) is 5.41 Å². The van der Waals surface area contributed by atoms with Gasteiger partial charge in [0, 0.05) is 31.4 Å². The molecule has 0 aliphatic rings. The Kier molecular flexibility index (Phi) is 7.06. The van der Waals surface area contributed by atoms with Crippen LogP contribution in [-0.2, 0) is 20.9 Å². The molecule has 30 heavy (non-hydrogen) atoms. The van der Waals surface area contributed by atoms with Crippen LogP contribution in [0.25, 0.3) is 28.7 Å². The minimum Gasteiger partial charge on any atom is -0.491 e. The molecule has 1 aromatic carbocycles. The molecule has 0 bridgehead atoms. The van der Waals surface area contributed by atoms with Crippen LogP contribution in [0.3, 0.4) is 0 Å². The molecule has 0 atom stereocenters. The number of H-pyrrole nitrogens is 1. The number of methoxy groups -OCH3 is 1. The van der Waals surface area contributed by atoms with Crippen molar-refractivity contribution in [2.24, 2.45) is 0 Å². The SMILES string of the molecule is COCCOc1cc(-c2noc(COC(C)=O)n2)cc(-c2cnc(/C=C\C=N)[nH]2)c1. The summed E-state index contributed by atoms with van der Waals surface area (Å²) in [5, 5.41) is 11.0. The smallest absolute Gasteiger partial charge is 0.303 e. The molecule has 0 amide bonds. The predicted octanol–water partition coefficient (Wildman–Crippen LogP) is 2.88. The minimum atomic E-state index is -0.433. The molecule has 3 aromatic rings. The van der Waals surface area contributed by atoms with Crippen molar-refractivity contribution in [1.82, 2.24) is 20.1 Å². The number of allylic oxidation sites excluding steroid dienone is 1. The monoisotopic (exact) mass is 411 g/mol. The molecule has 0 fully saturated rings. The third kappa shape index (κ3) is 5.61. The number of carbonyl (C=O) groups excluding carboxylic acids is 1. The molecule has 0 unspecified atom stereocenters. The topological polar surface area (TPSA) is 136 Å². The van der Waals surface area contributed by atoms with Crippen molar-refractivity contribution < 1.29 is 23.5 Å². The van der Waals surface area contributed by atoms with E-state index in [9.17, 15) is 4.79 Å². The van der Waals surface area contributed by atoms with Gasteiger partial charge in [0.05, 0.1) is 18.5 Å². The van der Waals surface area contributed by atoms with Gasteiger partial charge in [0.2, 0.25) is 5.82 Å². The summed E-state index contributed by atoms with van der Waals surface area (Å²) in [4.78, 5) is 22.7. The van der Waals surface area contributed by atoms with Crippen molar-refractivity contribution in [3.05, 3.63) is 42.2 Å². The molecule has 2 heterocycles. The second kappa shape index (κ2) is 10.1. The summed E-state index contributed by atoms with van der Waals surface area (Å²) in [5.41, 5.74) is 2.21. The van der Waals surface area contributed by atoms with Gasteiger partial charge in [-0.05, 0) is 30.4 Å². The van der Waals surface area contributed by atoms with Gasteiger partial charge in [-0.1, -0.05) is 5.16 Å². The highest BCUT2D eigenvalue weighted by Crippen LogP contribution is 2.30. The summed E-state index contributed by atoms with van der Waals surface area (Å²) >= 11 is 0. The number of rotatable bonds is 10. The first-order valence-corrected chi connectivity index (χ1v) is 9.04. The van der Waals surface area contributed by atoms with Gasteiger partial charge in [-0.2, -0.15) is 4.98 Å². The number of ether oxygens (including phenoxy) is 3. The number of carbonyl (C=O) groups is 1. The fourth-order valence-electron chi connectivity index (χ4n) is 2.51. The molecule has 0 aliphatic carbocycles. The largest absolute Gasteiger partial charge is 0.491 e. The molecular formula is C20H21N5O5. The van der Waals surface area contributed by atoms with Crippen molar-refractivity contribution in [2.75, 3.05) is 20.3 Å². The fourth-order valence-corrected chi connectivity index (χ4v) is 2.51. The molecule has 0 saturated heterocycles. The number of esters is 1. The van der Waals surface area contributed by atoms with Gasteiger partial charge in [-0.3, -0.25) is 4.79 Å². The average molecular weight is 411 g/mol. The lowest BCUT2D eigenvalue weighted by Gasteiger charge is -2.09. The minimum absolute atomic E-state index is 0.0948. The average Bonchev–Trinajstić information content (AvgIpc) is 3.40. The molecular weight excluding hydrogens is 390 g/mol. The molecule has 156 valence electrons. The maximum absolute atomic E-state index is 11.0. The number of aromatic nitrogens is 4. The lowest BCUT2D eigenvalue weighted by molar-refractivity contribution is -0.143. The van der Waals surface area contributed by atoms with Crippen LogP contribution in [0.5, 0.6) is 5.75 Å². The summed E-state index contributed by atoms with van der Waals surface area (Å²) in [6.45, 7) is 2.03. The van der Waals surface area contributed by atoms with E-state index < -0.39 is 5.97 Å². The second-order valence-corrected chi connectivity index (χ2v) is 6.09. The summed E-state index contributed by atoms with van der Waals surface area (Å²) < 4.78 is 20.8. The first-order chi connectivity index (χ1) is 14.6. The van der Waals surface area contributed by atoms with Crippen molar-refractivity contribution in [3.8, 4) is 28.4 Å². The molecule has 3 rings (SSSR count). The van der Waals surface area contributed by atoms with Crippen molar-refractivity contribution in [2.45, 2.75) is 13.5 Å². The summed E-state index contributed by atoms with van der Waals surface area (Å²) in [6.07, 6.45) is 6.12. The third-order valence-corrected chi connectivity index (χ3v) is 3.84. The van der Waals surface area contributed by atoms with Gasteiger partial charge in [0.25, 0.3) is 5.89 Å². The van der Waals surface area contributed by atoms with Crippen LogP contribution in [0.15, 0.2) is 35.0 Å². The fraction of sp³-hybridized carbons (Fsp3) is 0.250. The number of hydrogen-bond acceptors (Lipinski definition) is 9. The second-order valence-electron chi connectivity index (χ2n) is 6.09. The summed E-state index contributed by atoms with van der Waals surface area (Å²) in [6, 6.07) is 5.50. The molecule has 10 heteroatoms. The van der Waals surface area contributed by atoms with E-state index in [-0.39, 0.29) is 12.5 Å². The van der Waals surface area contributed by atoms with Crippen LogP contribution < -0.4 is 4.74 Å². The zero-order chi connectivity index (χ0) is 21.3. The lowest BCUT2D eigenvalue weighted by atomic mass is 10.1. The van der Waals surface area contributed by atoms with Crippen LogP contribution in [0.4, 0.5) is 0 Å². The van der Waals surface area contributed by atoms with E-state index in [2.05, 4.69) is 20.1 Å². The van der Waals surface area contributed by atoms with E-state index in [0.717, 1.165) is 11.3 Å². The van der Waals surface area contributed by atoms with E-state index in [0.29, 0.717) is 36.2 Å². The maximum atomic E-state index is 11.0. The Balaban J connectivity index is 1.92. The van der Waals surface area contributed by atoms with Gasteiger partial charge in [-0.25, -0.2) is 4.98 Å². The van der Waals surface area contributed by atoms with E-state index in [4.69, 9.17) is 24.1 Å². The van der Waals surface area contributed by atoms with E-state index in [1.54, 1.807) is 31.5 Å². The van der Waals surface area contributed by atoms with Gasteiger partial charge >= 0.3 is 5.97 Å². The van der Waals surface area contributed by atoms with Crippen LogP contribution in [0.1, 0.15) is 18.6 Å². The molecule has 0 spiro atoms. The standard InChI is InChI=1S/C20H21N5O5/c1-13(26)29-12-19-24-20(25-30-19)15-8-14(9-16(10-15)28-7-6-27-2)17-11-22-18(23-17)4-3-5-21/h3-5,8-11,21H,6-7,12H2,1-2H3,(H,22,23)/b4-3-,21-5?. The number of imidazole rings is 1. The van der Waals surface area contributed by atoms with E-state index >= 15 is 0 Å². The lowest BCUT2D eigenvalue weighted by Crippen LogP contribution is -2.04. The van der Waals surface area contributed by atoms with E-state index in [1.165, 1.54) is 13.1 Å². The zero-order valence-electron chi connectivity index (χ0n) is 16.5. The third-order valence-electron chi connectivity index (χ3n) is 3.84. The Bertz CT molecular complexity index is 1040. The predicted molar refractivity (Wildman–Crippen MR) is 108 cm³/mol. The Labute approximate surface area is 172 Å². The normalized spacial score (nSPS) is 11.0. The highest BCUT2D eigenvalue weighted by molar-refractivity contribution is 5.75. The van der Waals surface area contributed by atoms with Crippen molar-refractivity contribution >= 4 is 18.3 Å². The molecule has 0 aliphatic heterocycles. The van der Waals surface area contributed by atoms with Crippen molar-refractivity contribution in [1.29, 1.82) is 5.41 Å². The van der Waals surface area contributed by atoms with Gasteiger partial charge in [0.1, 0.15) is 18.2 Å². The van der Waals surface area contributed by atoms with Crippen molar-refractivity contribution in [3.63, 3.8) is 0 Å². The Morgan fingerprint density at radius 2 is 2.10 bits per heavy atom. The molecule has 2 aromatic heterocycles. The molecule has 0 radical (unpaired) electrons. The van der Waals surface area contributed by atoms with Gasteiger partial charge in [-0.15, -0.1) is 0 Å². The zero-order valence-corrected chi connectivity index (χ0v) is 16.5. The number of nitrogens with zero attached hydrogens (tertiary/aromatic N) is 3. The molecule has 0 saturated carbocycles. The first-order valence-electron chi connectivity index (χ1n) is 9.04. The summed E-state index contributed by atoms with van der Waals surface area (Å²) in [7, 11) is 1.60. The number of aromatic amines is 1. The quantitative estimate of drug-likeness (QED) is 0.295. The Morgan fingerprint density at radius 3 is 2.87 bits per heavy atom. The van der Waals surface area contributed by atoms with Crippen LogP contribution in [-0.4, -0.2) is 52.6 Å². The van der Waals surface area contributed by atoms with Gasteiger partial charge < -0.3 is 29.1 Å². The highest BCUT2D eigenvalue weighted by atomic mass is 16.6. The molecule has 10 nitrogen and oxygen atoms in total. The van der Waals surface area contributed by atoms with E-state index in [1.807, 2.05) is 12.1 Å².